The van der Waals surface area contributed by atoms with Crippen molar-refractivity contribution in [1.82, 2.24) is 9.97 Å². The van der Waals surface area contributed by atoms with Crippen LogP contribution in [0.15, 0.2) is 41.8 Å². The number of rotatable bonds is 4. The molecule has 0 saturated carbocycles. The second-order valence-electron chi connectivity index (χ2n) is 4.25. The molecule has 0 aliphatic rings. The fraction of sp³-hybridized carbons (Fsp3) is 0.0769. The monoisotopic (exact) mass is 375 g/mol. The number of nitrogens with one attached hydrogen (secondary N) is 1. The van der Waals surface area contributed by atoms with Crippen LogP contribution in [0.1, 0.15) is 5.69 Å². The Morgan fingerprint density at radius 1 is 1.20 bits per heavy atom. The zero-order valence-electron chi connectivity index (χ0n) is 12.1. The molecule has 0 aliphatic heterocycles. The first-order valence-electron chi connectivity index (χ1n) is 6.39. The summed E-state index contributed by atoms with van der Waals surface area (Å²) in [7, 11) is 0. The summed E-state index contributed by atoms with van der Waals surface area (Å²) in [5, 5.41) is 5.53. The number of carbonyl (C=O) groups excluding carboxylic acids is 1. The van der Waals surface area contributed by atoms with Crippen LogP contribution in [0.25, 0.3) is 0 Å². The fourth-order valence-electron chi connectivity index (χ4n) is 1.51. The first kappa shape index (κ1) is 18.3. The van der Waals surface area contributed by atoms with Crippen LogP contribution in [-0.2, 0) is 4.84 Å². The van der Waals surface area contributed by atoms with Crippen LogP contribution in [0.5, 0.6) is 5.75 Å². The molecule has 8 nitrogen and oxygen atoms in total. The average molecular weight is 376 g/mol. The molecule has 132 valence electrons. The standard InChI is InChI=1S/C13H9ClF3N5O3/c14-10-9(19-5-6-20-10)11(18)22-25-12(23)21-7-1-3-8(4-2-7)24-13(15,16)17/h1-6H,(H2,18,22)(H,21,23). The summed E-state index contributed by atoms with van der Waals surface area (Å²) in [6.07, 6.45) is -3.19. The maximum atomic E-state index is 12.0. The van der Waals surface area contributed by atoms with Crippen molar-refractivity contribution in [2.45, 2.75) is 6.36 Å². The van der Waals surface area contributed by atoms with E-state index in [-0.39, 0.29) is 22.4 Å². The minimum Gasteiger partial charge on any atom is -0.406 e. The van der Waals surface area contributed by atoms with Crippen molar-refractivity contribution < 1.29 is 27.5 Å². The molecule has 2 rings (SSSR count). The molecule has 1 heterocycles. The van der Waals surface area contributed by atoms with E-state index in [0.717, 1.165) is 12.1 Å². The van der Waals surface area contributed by atoms with Crippen LogP contribution in [0.3, 0.4) is 0 Å². The third-order valence-electron chi connectivity index (χ3n) is 2.46. The van der Waals surface area contributed by atoms with Gasteiger partial charge in [-0.2, -0.15) is 0 Å². The van der Waals surface area contributed by atoms with Gasteiger partial charge in [-0.05, 0) is 24.3 Å². The topological polar surface area (TPSA) is 112 Å². The number of amidine groups is 1. The molecule has 3 N–H and O–H groups in total. The van der Waals surface area contributed by atoms with E-state index in [1.54, 1.807) is 0 Å². The van der Waals surface area contributed by atoms with Gasteiger partial charge in [-0.15, -0.1) is 13.2 Å². The molecule has 0 saturated heterocycles. The van der Waals surface area contributed by atoms with Crippen LogP contribution < -0.4 is 15.8 Å². The predicted octanol–water partition coefficient (Wildman–Crippen LogP) is 2.90. The molecule has 0 aliphatic carbocycles. The molecule has 0 unspecified atom stereocenters. The minimum absolute atomic E-state index is 0.0191. The van der Waals surface area contributed by atoms with E-state index in [1.807, 2.05) is 0 Å². The van der Waals surface area contributed by atoms with Crippen molar-refractivity contribution in [1.29, 1.82) is 0 Å². The lowest BCUT2D eigenvalue weighted by molar-refractivity contribution is -0.274. The first-order valence-corrected chi connectivity index (χ1v) is 6.76. The molecule has 0 bridgehead atoms. The molecule has 0 fully saturated rings. The Morgan fingerprint density at radius 3 is 2.44 bits per heavy atom. The Kier molecular flexibility index (Phi) is 5.60. The Bertz CT molecular complexity index is 783. The van der Waals surface area contributed by atoms with Gasteiger partial charge in [-0.3, -0.25) is 10.2 Å². The van der Waals surface area contributed by atoms with E-state index in [9.17, 15) is 18.0 Å². The number of nitrogens with two attached hydrogens (primary N) is 1. The molecule has 1 aromatic carbocycles. The molecule has 12 heteroatoms. The van der Waals surface area contributed by atoms with Crippen molar-refractivity contribution in [3.05, 3.63) is 47.5 Å². The lowest BCUT2D eigenvalue weighted by Gasteiger charge is -2.09. The molecule has 0 spiro atoms. The van der Waals surface area contributed by atoms with Gasteiger partial charge in [0.15, 0.2) is 11.0 Å². The Labute approximate surface area is 143 Å². The Morgan fingerprint density at radius 2 is 1.84 bits per heavy atom. The third kappa shape index (κ3) is 5.80. The number of hydrogen-bond acceptors (Lipinski definition) is 6. The summed E-state index contributed by atoms with van der Waals surface area (Å²) in [5.41, 5.74) is 5.71. The average Bonchev–Trinajstić information content (AvgIpc) is 2.53. The maximum absolute atomic E-state index is 12.0. The highest BCUT2D eigenvalue weighted by molar-refractivity contribution is 6.32. The number of alkyl halides is 3. The highest BCUT2D eigenvalue weighted by Gasteiger charge is 2.30. The Balaban J connectivity index is 1.94. The van der Waals surface area contributed by atoms with Gasteiger partial charge < -0.3 is 10.5 Å². The van der Waals surface area contributed by atoms with Crippen LogP contribution in [0.4, 0.5) is 23.7 Å². The number of hydrogen-bond donors (Lipinski definition) is 2. The van der Waals surface area contributed by atoms with Crippen molar-refractivity contribution in [3.8, 4) is 5.75 Å². The number of carbonyl (C=O) groups is 1. The van der Waals surface area contributed by atoms with Gasteiger partial charge in [0, 0.05) is 18.1 Å². The number of halogens is 4. The van der Waals surface area contributed by atoms with E-state index in [0.29, 0.717) is 0 Å². The number of amides is 1. The van der Waals surface area contributed by atoms with Crippen LogP contribution in [0.2, 0.25) is 5.15 Å². The lowest BCUT2D eigenvalue weighted by Crippen LogP contribution is -2.19. The summed E-state index contributed by atoms with van der Waals surface area (Å²) < 4.78 is 39.8. The summed E-state index contributed by atoms with van der Waals surface area (Å²) in [4.78, 5) is 23.6. The van der Waals surface area contributed by atoms with E-state index < -0.39 is 18.2 Å². The van der Waals surface area contributed by atoms with E-state index in [2.05, 4.69) is 30.0 Å². The summed E-state index contributed by atoms with van der Waals surface area (Å²) in [6, 6.07) is 4.38. The van der Waals surface area contributed by atoms with Gasteiger partial charge in [-0.25, -0.2) is 14.8 Å². The van der Waals surface area contributed by atoms with Crippen molar-refractivity contribution in [3.63, 3.8) is 0 Å². The van der Waals surface area contributed by atoms with Crippen molar-refractivity contribution in [2.75, 3.05) is 5.32 Å². The normalized spacial score (nSPS) is 11.8. The molecule has 0 radical (unpaired) electrons. The largest absolute Gasteiger partial charge is 0.573 e. The smallest absolute Gasteiger partial charge is 0.406 e. The van der Waals surface area contributed by atoms with Gasteiger partial charge in [0.25, 0.3) is 0 Å². The van der Waals surface area contributed by atoms with Gasteiger partial charge in [0.1, 0.15) is 11.4 Å². The molecule has 1 amide bonds. The molecule has 0 atom stereocenters. The van der Waals surface area contributed by atoms with Crippen LogP contribution in [-0.4, -0.2) is 28.3 Å². The zero-order valence-corrected chi connectivity index (χ0v) is 12.9. The highest BCUT2D eigenvalue weighted by Crippen LogP contribution is 2.23. The van der Waals surface area contributed by atoms with Crippen molar-refractivity contribution >= 4 is 29.2 Å². The van der Waals surface area contributed by atoms with Crippen LogP contribution in [0, 0.1) is 0 Å². The molecule has 25 heavy (non-hydrogen) atoms. The summed E-state index contributed by atoms with van der Waals surface area (Å²) in [5.74, 6) is -0.729. The SMILES string of the molecule is N/C(=N\OC(=O)Nc1ccc(OC(F)(F)F)cc1)c1nccnc1Cl. The van der Waals surface area contributed by atoms with Gasteiger partial charge in [0.05, 0.1) is 0 Å². The van der Waals surface area contributed by atoms with Gasteiger partial charge in [0.2, 0.25) is 0 Å². The molecule has 1 aromatic heterocycles. The minimum atomic E-state index is -4.80. The number of anilines is 1. The van der Waals surface area contributed by atoms with Gasteiger partial charge >= 0.3 is 12.5 Å². The first-order chi connectivity index (χ1) is 11.7. The number of aromatic nitrogens is 2. The lowest BCUT2D eigenvalue weighted by atomic mass is 10.3. The van der Waals surface area contributed by atoms with E-state index >= 15 is 0 Å². The number of ether oxygens (including phenoxy) is 1. The van der Waals surface area contributed by atoms with Gasteiger partial charge in [-0.1, -0.05) is 16.8 Å². The third-order valence-corrected chi connectivity index (χ3v) is 2.73. The highest BCUT2D eigenvalue weighted by atomic mass is 35.5. The Hall–Kier alpha value is -3.08. The quantitative estimate of drug-likeness (QED) is 0.368. The number of nitrogens with zero attached hydrogens (tertiary/aromatic N) is 3. The second kappa shape index (κ2) is 7.66. The zero-order chi connectivity index (χ0) is 18.4. The van der Waals surface area contributed by atoms with Crippen LogP contribution >= 0.6 is 11.6 Å². The molecular weight excluding hydrogens is 367 g/mol. The van der Waals surface area contributed by atoms with E-state index in [1.165, 1.54) is 24.5 Å². The molecule has 2 aromatic rings. The number of benzene rings is 1. The second-order valence-corrected chi connectivity index (χ2v) is 4.61. The fourth-order valence-corrected chi connectivity index (χ4v) is 1.71. The molecular formula is C13H9ClF3N5O3. The van der Waals surface area contributed by atoms with E-state index in [4.69, 9.17) is 17.3 Å². The van der Waals surface area contributed by atoms with Crippen molar-refractivity contribution in [2.24, 2.45) is 10.9 Å². The summed E-state index contributed by atoms with van der Waals surface area (Å²) in [6.45, 7) is 0. The predicted molar refractivity (Wildman–Crippen MR) is 81.0 cm³/mol. The summed E-state index contributed by atoms with van der Waals surface area (Å²) >= 11 is 5.74. The number of oxime groups is 1. The maximum Gasteiger partial charge on any atom is 0.573 e.